The molecular formula is C13H24N2O. The second kappa shape index (κ2) is 5.67. The molecule has 3 heteroatoms. The minimum atomic E-state index is 0.299. The third-order valence-electron chi connectivity index (χ3n) is 4.07. The Morgan fingerprint density at radius 3 is 2.69 bits per heavy atom. The molecule has 2 heterocycles. The van der Waals surface area contributed by atoms with Gasteiger partial charge in [0.2, 0.25) is 5.91 Å². The monoisotopic (exact) mass is 224 g/mol. The number of hydrogen-bond donors (Lipinski definition) is 1. The van der Waals surface area contributed by atoms with Crippen LogP contribution in [0.15, 0.2) is 0 Å². The number of nitrogens with one attached hydrogen (secondary N) is 1. The van der Waals surface area contributed by atoms with Crippen molar-refractivity contribution in [2.75, 3.05) is 19.6 Å². The second-order valence-electron chi connectivity index (χ2n) is 5.11. The molecule has 1 atom stereocenters. The van der Waals surface area contributed by atoms with Crippen LogP contribution < -0.4 is 5.32 Å². The van der Waals surface area contributed by atoms with Gasteiger partial charge in [0.15, 0.2) is 0 Å². The molecule has 2 saturated heterocycles. The van der Waals surface area contributed by atoms with Crippen LogP contribution in [0.4, 0.5) is 0 Å². The van der Waals surface area contributed by atoms with Gasteiger partial charge in [-0.3, -0.25) is 4.79 Å². The molecule has 0 radical (unpaired) electrons. The van der Waals surface area contributed by atoms with Crippen molar-refractivity contribution < 1.29 is 4.79 Å². The average Bonchev–Trinajstić information content (AvgIpc) is 2.39. The number of carbonyl (C=O) groups excluding carboxylic acids is 1. The summed E-state index contributed by atoms with van der Waals surface area (Å²) in [5, 5.41) is 3.33. The molecule has 1 amide bonds. The van der Waals surface area contributed by atoms with Gasteiger partial charge in [0.1, 0.15) is 0 Å². The summed E-state index contributed by atoms with van der Waals surface area (Å²) in [6.45, 7) is 5.24. The van der Waals surface area contributed by atoms with Crippen LogP contribution >= 0.6 is 0 Å². The average molecular weight is 224 g/mol. The smallest absolute Gasteiger partial charge is 0.226 e. The van der Waals surface area contributed by atoms with E-state index in [0.29, 0.717) is 17.9 Å². The molecule has 0 spiro atoms. The lowest BCUT2D eigenvalue weighted by Crippen LogP contribution is -2.48. The lowest BCUT2D eigenvalue weighted by molar-refractivity contribution is -0.140. The first-order valence-electron chi connectivity index (χ1n) is 6.84. The zero-order valence-corrected chi connectivity index (χ0v) is 10.4. The Morgan fingerprint density at radius 2 is 2.00 bits per heavy atom. The van der Waals surface area contributed by atoms with E-state index in [0.717, 1.165) is 38.9 Å². The van der Waals surface area contributed by atoms with E-state index in [1.54, 1.807) is 0 Å². The van der Waals surface area contributed by atoms with Crippen molar-refractivity contribution >= 4 is 5.91 Å². The lowest BCUT2D eigenvalue weighted by atomic mass is 9.93. The Labute approximate surface area is 98.6 Å². The molecule has 1 N–H and O–H groups in total. The van der Waals surface area contributed by atoms with E-state index in [4.69, 9.17) is 0 Å². The number of likely N-dealkylation sites (tertiary alicyclic amines) is 1. The van der Waals surface area contributed by atoms with Crippen LogP contribution in [0.3, 0.4) is 0 Å². The normalized spacial score (nSPS) is 28.1. The van der Waals surface area contributed by atoms with Crippen LogP contribution in [0, 0.1) is 5.92 Å². The molecule has 0 aromatic heterocycles. The fourth-order valence-corrected chi connectivity index (χ4v) is 3.02. The second-order valence-corrected chi connectivity index (χ2v) is 5.11. The Balaban J connectivity index is 1.95. The van der Waals surface area contributed by atoms with E-state index in [1.807, 2.05) is 0 Å². The number of carbonyl (C=O) groups is 1. The molecule has 2 fully saturated rings. The quantitative estimate of drug-likeness (QED) is 0.775. The molecule has 3 nitrogen and oxygen atoms in total. The molecule has 0 saturated carbocycles. The van der Waals surface area contributed by atoms with Crippen LogP contribution in [0.2, 0.25) is 0 Å². The molecule has 0 aliphatic carbocycles. The molecule has 2 aliphatic heterocycles. The van der Waals surface area contributed by atoms with Gasteiger partial charge in [-0.25, -0.2) is 0 Å². The fraction of sp³-hybridized carbons (Fsp3) is 0.923. The van der Waals surface area contributed by atoms with E-state index in [2.05, 4.69) is 17.1 Å². The van der Waals surface area contributed by atoms with Crippen molar-refractivity contribution in [2.24, 2.45) is 5.92 Å². The predicted molar refractivity (Wildman–Crippen MR) is 65.2 cm³/mol. The first kappa shape index (κ1) is 11.9. The summed E-state index contributed by atoms with van der Waals surface area (Å²) in [7, 11) is 0. The summed E-state index contributed by atoms with van der Waals surface area (Å²) in [5.74, 6) is 0.737. The Hall–Kier alpha value is -0.570. The summed E-state index contributed by atoms with van der Waals surface area (Å²) in [4.78, 5) is 14.6. The van der Waals surface area contributed by atoms with Crippen LogP contribution in [-0.4, -0.2) is 36.5 Å². The third-order valence-corrected chi connectivity index (χ3v) is 4.07. The van der Waals surface area contributed by atoms with Crippen molar-refractivity contribution in [2.45, 2.75) is 51.5 Å². The molecule has 0 unspecified atom stereocenters. The molecular weight excluding hydrogens is 200 g/mol. The topological polar surface area (TPSA) is 32.3 Å². The van der Waals surface area contributed by atoms with Gasteiger partial charge in [0, 0.05) is 18.5 Å². The van der Waals surface area contributed by atoms with Gasteiger partial charge in [-0.15, -0.1) is 0 Å². The summed E-state index contributed by atoms with van der Waals surface area (Å²) in [6.07, 6.45) is 6.91. The highest BCUT2D eigenvalue weighted by Gasteiger charge is 2.30. The SMILES string of the molecule is CC[C@@H]1CCCCN1C(=O)C1CCNCC1. The van der Waals surface area contributed by atoms with Crippen molar-refractivity contribution in [3.05, 3.63) is 0 Å². The molecule has 0 aromatic rings. The maximum absolute atomic E-state index is 12.4. The lowest BCUT2D eigenvalue weighted by Gasteiger charge is -2.38. The van der Waals surface area contributed by atoms with Crippen molar-refractivity contribution in [3.63, 3.8) is 0 Å². The Morgan fingerprint density at radius 1 is 1.25 bits per heavy atom. The summed E-state index contributed by atoms with van der Waals surface area (Å²) in [6, 6.07) is 0.524. The molecule has 2 aliphatic rings. The fourth-order valence-electron chi connectivity index (χ4n) is 3.02. The predicted octanol–water partition coefficient (Wildman–Crippen LogP) is 1.78. The zero-order valence-electron chi connectivity index (χ0n) is 10.4. The highest BCUT2D eigenvalue weighted by molar-refractivity contribution is 5.79. The standard InChI is InChI=1S/C13H24N2O/c1-2-12-5-3-4-10-15(12)13(16)11-6-8-14-9-7-11/h11-12,14H,2-10H2,1H3/t12-/m1/s1. The zero-order chi connectivity index (χ0) is 11.4. The van der Waals surface area contributed by atoms with Gasteiger partial charge < -0.3 is 10.2 Å². The molecule has 16 heavy (non-hydrogen) atoms. The van der Waals surface area contributed by atoms with Gasteiger partial charge in [-0.05, 0) is 51.6 Å². The number of nitrogens with zero attached hydrogens (tertiary/aromatic N) is 1. The minimum Gasteiger partial charge on any atom is -0.339 e. The first-order chi connectivity index (χ1) is 7.83. The maximum Gasteiger partial charge on any atom is 0.226 e. The molecule has 0 aromatic carbocycles. The van der Waals surface area contributed by atoms with Crippen LogP contribution in [0.1, 0.15) is 45.4 Å². The van der Waals surface area contributed by atoms with Crippen molar-refractivity contribution in [1.82, 2.24) is 10.2 Å². The van der Waals surface area contributed by atoms with E-state index >= 15 is 0 Å². The largest absolute Gasteiger partial charge is 0.339 e. The van der Waals surface area contributed by atoms with Crippen LogP contribution in [0.5, 0.6) is 0 Å². The van der Waals surface area contributed by atoms with E-state index in [-0.39, 0.29) is 0 Å². The van der Waals surface area contributed by atoms with E-state index in [9.17, 15) is 4.79 Å². The van der Waals surface area contributed by atoms with Gasteiger partial charge >= 0.3 is 0 Å². The number of rotatable bonds is 2. The third kappa shape index (κ3) is 2.57. The summed E-state index contributed by atoms with van der Waals surface area (Å²) < 4.78 is 0. The Kier molecular flexibility index (Phi) is 4.22. The highest BCUT2D eigenvalue weighted by atomic mass is 16.2. The van der Waals surface area contributed by atoms with Gasteiger partial charge in [-0.1, -0.05) is 6.92 Å². The van der Waals surface area contributed by atoms with Crippen molar-refractivity contribution in [3.8, 4) is 0 Å². The van der Waals surface area contributed by atoms with Crippen LogP contribution in [-0.2, 0) is 4.79 Å². The molecule has 2 rings (SSSR count). The van der Waals surface area contributed by atoms with Gasteiger partial charge in [0.05, 0.1) is 0 Å². The Bertz CT molecular complexity index is 236. The number of piperidine rings is 2. The van der Waals surface area contributed by atoms with Gasteiger partial charge in [0.25, 0.3) is 0 Å². The highest BCUT2D eigenvalue weighted by Crippen LogP contribution is 2.24. The summed E-state index contributed by atoms with van der Waals surface area (Å²) >= 11 is 0. The maximum atomic E-state index is 12.4. The molecule has 0 bridgehead atoms. The first-order valence-corrected chi connectivity index (χ1v) is 6.84. The van der Waals surface area contributed by atoms with Crippen LogP contribution in [0.25, 0.3) is 0 Å². The number of amides is 1. The minimum absolute atomic E-state index is 0.299. The number of hydrogen-bond acceptors (Lipinski definition) is 2. The summed E-state index contributed by atoms with van der Waals surface area (Å²) in [5.41, 5.74) is 0. The molecule has 92 valence electrons. The van der Waals surface area contributed by atoms with Crippen molar-refractivity contribution in [1.29, 1.82) is 0 Å². The van der Waals surface area contributed by atoms with E-state index < -0.39 is 0 Å². The van der Waals surface area contributed by atoms with E-state index in [1.165, 1.54) is 19.3 Å². The van der Waals surface area contributed by atoms with Gasteiger partial charge in [-0.2, -0.15) is 0 Å².